The summed E-state index contributed by atoms with van der Waals surface area (Å²) in [5.74, 6) is -1.86. The van der Waals surface area contributed by atoms with Crippen LogP contribution in [0.4, 0.5) is 10.5 Å². The average Bonchev–Trinajstić information content (AvgIpc) is 3.18. The predicted octanol–water partition coefficient (Wildman–Crippen LogP) is 1.95. The number of hydrogen-bond donors (Lipinski definition) is 0. The number of carbonyl (C=O) groups is 4. The summed E-state index contributed by atoms with van der Waals surface area (Å²) in [6.45, 7) is 2.13. The average molecular weight is 369 g/mol. The summed E-state index contributed by atoms with van der Waals surface area (Å²) >= 11 is 0. The maximum absolute atomic E-state index is 12.8. The Balaban J connectivity index is 1.51. The first-order valence-corrected chi connectivity index (χ1v) is 9.56. The minimum Gasteiger partial charge on any atom is -0.310 e. The van der Waals surface area contributed by atoms with Crippen LogP contribution >= 0.6 is 0 Å². The first-order chi connectivity index (χ1) is 13.0. The van der Waals surface area contributed by atoms with Gasteiger partial charge in [-0.1, -0.05) is 38.0 Å². The molecule has 142 valence electrons. The van der Waals surface area contributed by atoms with E-state index >= 15 is 0 Å². The van der Waals surface area contributed by atoms with Crippen LogP contribution in [0.5, 0.6) is 0 Å². The van der Waals surface area contributed by atoms with Gasteiger partial charge in [-0.25, -0.2) is 9.69 Å². The van der Waals surface area contributed by atoms with Gasteiger partial charge in [0, 0.05) is 18.3 Å². The molecule has 0 unspecified atom stereocenters. The molecular formula is C20H23N3O4. The van der Waals surface area contributed by atoms with Crippen LogP contribution in [0.2, 0.25) is 0 Å². The number of rotatable bonds is 3. The molecule has 0 radical (unpaired) electrons. The number of nitrogens with zero attached hydrogens (tertiary/aromatic N) is 3. The monoisotopic (exact) mass is 369 g/mol. The van der Waals surface area contributed by atoms with Crippen LogP contribution in [0.15, 0.2) is 24.3 Å². The lowest BCUT2D eigenvalue weighted by Gasteiger charge is -2.34. The minimum absolute atomic E-state index is 0.167. The van der Waals surface area contributed by atoms with Gasteiger partial charge in [-0.3, -0.25) is 19.3 Å². The Hall–Kier alpha value is -2.70. The Morgan fingerprint density at radius 3 is 2.59 bits per heavy atom. The van der Waals surface area contributed by atoms with Crippen molar-refractivity contribution in [1.29, 1.82) is 0 Å². The van der Waals surface area contributed by atoms with E-state index < -0.39 is 24.4 Å². The van der Waals surface area contributed by atoms with E-state index in [2.05, 4.69) is 0 Å². The third-order valence-electron chi connectivity index (χ3n) is 5.96. The Kier molecular flexibility index (Phi) is 4.45. The van der Waals surface area contributed by atoms with Crippen LogP contribution in [0.25, 0.3) is 0 Å². The van der Waals surface area contributed by atoms with Gasteiger partial charge < -0.3 is 4.90 Å². The van der Waals surface area contributed by atoms with E-state index in [0.717, 1.165) is 46.7 Å². The van der Waals surface area contributed by atoms with Crippen LogP contribution in [-0.2, 0) is 20.8 Å². The first-order valence-electron chi connectivity index (χ1n) is 9.56. The van der Waals surface area contributed by atoms with Crippen molar-refractivity contribution < 1.29 is 19.2 Å². The van der Waals surface area contributed by atoms with Crippen molar-refractivity contribution in [1.82, 2.24) is 9.80 Å². The van der Waals surface area contributed by atoms with Crippen molar-refractivity contribution in [2.75, 3.05) is 18.0 Å². The topological polar surface area (TPSA) is 78.0 Å². The number of hydrogen-bond acceptors (Lipinski definition) is 4. The second-order valence-electron chi connectivity index (χ2n) is 7.60. The summed E-state index contributed by atoms with van der Waals surface area (Å²) in [6.07, 6.45) is 4.39. The molecule has 1 saturated heterocycles. The lowest BCUT2D eigenvalue weighted by atomic mass is 9.85. The molecule has 0 bridgehead atoms. The van der Waals surface area contributed by atoms with Crippen LogP contribution in [-0.4, -0.2) is 52.7 Å². The fraction of sp³-hybridized carbons (Fsp3) is 0.500. The quantitative estimate of drug-likeness (QED) is 0.603. The summed E-state index contributed by atoms with van der Waals surface area (Å²) in [5, 5.41) is 0. The Morgan fingerprint density at radius 1 is 1.07 bits per heavy atom. The highest BCUT2D eigenvalue weighted by Crippen LogP contribution is 2.32. The van der Waals surface area contributed by atoms with Crippen molar-refractivity contribution in [2.45, 2.75) is 45.1 Å². The molecule has 2 fully saturated rings. The lowest BCUT2D eigenvalue weighted by molar-refractivity contribution is -0.145. The zero-order chi connectivity index (χ0) is 19.1. The molecule has 1 aromatic carbocycles. The second-order valence-corrected chi connectivity index (χ2v) is 7.60. The lowest BCUT2D eigenvalue weighted by Crippen LogP contribution is -2.47. The molecule has 0 spiro atoms. The summed E-state index contributed by atoms with van der Waals surface area (Å²) in [6, 6.07) is 6.69. The van der Waals surface area contributed by atoms with Gasteiger partial charge in [0.1, 0.15) is 6.54 Å². The van der Waals surface area contributed by atoms with Gasteiger partial charge in [-0.05, 0) is 36.8 Å². The molecule has 1 aromatic rings. The van der Waals surface area contributed by atoms with Crippen molar-refractivity contribution in [3.05, 3.63) is 29.8 Å². The van der Waals surface area contributed by atoms with E-state index in [4.69, 9.17) is 0 Å². The van der Waals surface area contributed by atoms with Gasteiger partial charge in [0.25, 0.3) is 0 Å². The molecule has 2 atom stereocenters. The Labute approximate surface area is 157 Å². The van der Waals surface area contributed by atoms with Crippen molar-refractivity contribution in [2.24, 2.45) is 5.92 Å². The van der Waals surface area contributed by atoms with E-state index in [9.17, 15) is 19.2 Å². The molecule has 2 heterocycles. The van der Waals surface area contributed by atoms with E-state index in [0.29, 0.717) is 13.0 Å². The number of carbonyl (C=O) groups excluding carboxylic acids is 4. The van der Waals surface area contributed by atoms with Crippen LogP contribution in [0.3, 0.4) is 0 Å². The molecular weight excluding hydrogens is 346 g/mol. The van der Waals surface area contributed by atoms with Crippen LogP contribution < -0.4 is 4.90 Å². The Morgan fingerprint density at radius 2 is 1.81 bits per heavy atom. The SMILES string of the molecule is C[C@H]1CCCC[C@@H]1N1C(=O)C(=O)N(CC(=O)N2CCc3ccccc32)C1=O. The molecule has 27 heavy (non-hydrogen) atoms. The summed E-state index contributed by atoms with van der Waals surface area (Å²) in [4.78, 5) is 53.9. The van der Waals surface area contributed by atoms with Crippen molar-refractivity contribution >= 4 is 29.4 Å². The number of fused-ring (bicyclic) bond motifs is 1. The largest absolute Gasteiger partial charge is 0.334 e. The highest BCUT2D eigenvalue weighted by atomic mass is 16.2. The molecule has 3 aliphatic rings. The molecule has 7 heteroatoms. The zero-order valence-corrected chi connectivity index (χ0v) is 15.4. The van der Waals surface area contributed by atoms with E-state index in [1.807, 2.05) is 31.2 Å². The maximum atomic E-state index is 12.8. The Bertz CT molecular complexity index is 821. The molecule has 5 amide bonds. The standard InChI is InChI=1S/C20H23N3O4/c1-13-6-2-4-8-15(13)23-19(26)18(25)22(20(23)27)12-17(24)21-11-10-14-7-3-5-9-16(14)21/h3,5,7,9,13,15H,2,4,6,8,10-12H2,1H3/t13-,15-/m0/s1. The molecule has 1 saturated carbocycles. The predicted molar refractivity (Wildman–Crippen MR) is 97.9 cm³/mol. The molecule has 4 rings (SSSR count). The number of benzene rings is 1. The maximum Gasteiger partial charge on any atom is 0.334 e. The van der Waals surface area contributed by atoms with Gasteiger partial charge in [-0.15, -0.1) is 0 Å². The second kappa shape index (κ2) is 6.79. The van der Waals surface area contributed by atoms with Gasteiger partial charge in [0.05, 0.1) is 0 Å². The normalized spacial score (nSPS) is 25.4. The molecule has 1 aliphatic carbocycles. The fourth-order valence-electron chi connectivity index (χ4n) is 4.45. The van der Waals surface area contributed by atoms with Gasteiger partial charge in [-0.2, -0.15) is 0 Å². The summed E-state index contributed by atoms with van der Waals surface area (Å²) in [7, 11) is 0. The highest BCUT2D eigenvalue weighted by Gasteiger charge is 2.50. The first kappa shape index (κ1) is 17.7. The minimum atomic E-state index is -0.890. The van der Waals surface area contributed by atoms with E-state index in [1.54, 1.807) is 4.90 Å². The van der Waals surface area contributed by atoms with Gasteiger partial charge in [0.15, 0.2) is 0 Å². The third kappa shape index (κ3) is 2.91. The number of urea groups is 1. The summed E-state index contributed by atoms with van der Waals surface area (Å²) in [5.41, 5.74) is 1.88. The number of imide groups is 2. The molecule has 0 aromatic heterocycles. The molecule has 7 nitrogen and oxygen atoms in total. The molecule has 2 aliphatic heterocycles. The molecule has 0 N–H and O–H groups in total. The van der Waals surface area contributed by atoms with Gasteiger partial charge >= 0.3 is 17.8 Å². The smallest absolute Gasteiger partial charge is 0.310 e. The van der Waals surface area contributed by atoms with Crippen molar-refractivity contribution in [3.63, 3.8) is 0 Å². The number of para-hydroxylation sites is 1. The van der Waals surface area contributed by atoms with E-state index in [-0.39, 0.29) is 17.9 Å². The number of anilines is 1. The number of amides is 5. The highest BCUT2D eigenvalue weighted by molar-refractivity contribution is 6.45. The van der Waals surface area contributed by atoms with Gasteiger partial charge in [0.2, 0.25) is 5.91 Å². The van der Waals surface area contributed by atoms with Crippen LogP contribution in [0.1, 0.15) is 38.2 Å². The van der Waals surface area contributed by atoms with Crippen molar-refractivity contribution in [3.8, 4) is 0 Å². The fourth-order valence-corrected chi connectivity index (χ4v) is 4.45. The summed E-state index contributed by atoms with van der Waals surface area (Å²) < 4.78 is 0. The zero-order valence-electron chi connectivity index (χ0n) is 15.4. The third-order valence-corrected chi connectivity index (χ3v) is 5.96. The van der Waals surface area contributed by atoms with E-state index in [1.165, 1.54) is 0 Å². The van der Waals surface area contributed by atoms with Crippen LogP contribution in [0, 0.1) is 5.92 Å².